The number of rotatable bonds is 4. The predicted molar refractivity (Wildman–Crippen MR) is 80.3 cm³/mol. The zero-order valence-electron chi connectivity index (χ0n) is 12.9. The van der Waals surface area contributed by atoms with Crippen molar-refractivity contribution in [2.24, 2.45) is 7.05 Å². The molecule has 1 aliphatic rings. The third-order valence-corrected chi connectivity index (χ3v) is 3.93. The Morgan fingerprint density at radius 3 is 3.09 bits per heavy atom. The summed E-state index contributed by atoms with van der Waals surface area (Å²) in [6.07, 6.45) is 7.43. The fraction of sp³-hybridized carbons (Fsp3) is 0.571. The van der Waals surface area contributed by atoms with Crippen molar-refractivity contribution in [3.8, 4) is 0 Å². The molecule has 22 heavy (non-hydrogen) atoms. The van der Waals surface area contributed by atoms with Crippen molar-refractivity contribution >= 4 is 5.91 Å². The van der Waals surface area contributed by atoms with Crippen molar-refractivity contribution in [3.63, 3.8) is 0 Å². The van der Waals surface area contributed by atoms with Crippen molar-refractivity contribution < 1.29 is 4.79 Å². The van der Waals surface area contributed by atoms with E-state index in [2.05, 4.69) is 25.8 Å². The number of aromatic nitrogens is 5. The molecule has 0 radical (unpaired) electrons. The summed E-state index contributed by atoms with van der Waals surface area (Å²) in [6.45, 7) is 3.83. The summed E-state index contributed by atoms with van der Waals surface area (Å²) in [4.78, 5) is 16.4. The van der Waals surface area contributed by atoms with E-state index < -0.39 is 0 Å². The number of hydrogen-bond donors (Lipinski definition) is 2. The van der Waals surface area contributed by atoms with Gasteiger partial charge in [-0.15, -0.1) is 5.10 Å². The van der Waals surface area contributed by atoms with Gasteiger partial charge in [0.25, 0.3) is 5.91 Å². The highest BCUT2D eigenvalue weighted by atomic mass is 16.2. The lowest BCUT2D eigenvalue weighted by molar-refractivity contribution is 0.0928. The van der Waals surface area contributed by atoms with Gasteiger partial charge in [0, 0.05) is 25.4 Å². The highest BCUT2D eigenvalue weighted by Crippen LogP contribution is 2.15. The van der Waals surface area contributed by atoms with Crippen LogP contribution in [0.2, 0.25) is 0 Å². The van der Waals surface area contributed by atoms with Crippen LogP contribution in [0.5, 0.6) is 0 Å². The second-order valence-corrected chi connectivity index (χ2v) is 5.69. The zero-order chi connectivity index (χ0) is 15.5. The molecule has 1 amide bonds. The maximum Gasteiger partial charge on any atom is 0.291 e. The lowest BCUT2D eigenvalue weighted by Gasteiger charge is -2.22. The van der Waals surface area contributed by atoms with Gasteiger partial charge in [-0.05, 0) is 26.3 Å². The first kappa shape index (κ1) is 14.7. The third kappa shape index (κ3) is 3.16. The Kier molecular flexibility index (Phi) is 4.19. The van der Waals surface area contributed by atoms with Gasteiger partial charge in [-0.25, -0.2) is 9.67 Å². The summed E-state index contributed by atoms with van der Waals surface area (Å²) in [5, 5.41) is 14.6. The Hall–Kier alpha value is -2.22. The highest BCUT2D eigenvalue weighted by molar-refractivity contribution is 5.90. The predicted octanol–water partition coefficient (Wildman–Crippen LogP) is 0.427. The fourth-order valence-electron chi connectivity index (χ4n) is 2.62. The van der Waals surface area contributed by atoms with Crippen LogP contribution in [0.15, 0.2) is 18.7 Å². The standard InChI is InChI=1S/C14H21N7O/c1-10(11-6-17-20(2)8-11)18-14(22)13-16-9-21(19-13)12-4-3-5-15-7-12/h6,8-10,12,15H,3-5,7H2,1-2H3,(H,18,22)/t10-,12+/m1/s1. The first-order valence-corrected chi connectivity index (χ1v) is 7.55. The van der Waals surface area contributed by atoms with Crippen LogP contribution in [0.25, 0.3) is 0 Å². The number of nitrogens with one attached hydrogen (secondary N) is 2. The molecule has 0 spiro atoms. The molecule has 8 nitrogen and oxygen atoms in total. The van der Waals surface area contributed by atoms with E-state index in [1.165, 1.54) is 0 Å². The Morgan fingerprint density at radius 1 is 1.55 bits per heavy atom. The first-order valence-electron chi connectivity index (χ1n) is 7.55. The van der Waals surface area contributed by atoms with Crippen LogP contribution >= 0.6 is 0 Å². The third-order valence-electron chi connectivity index (χ3n) is 3.93. The van der Waals surface area contributed by atoms with Crippen LogP contribution in [0.1, 0.15) is 48.0 Å². The molecule has 2 atom stereocenters. The molecule has 0 aromatic carbocycles. The summed E-state index contributed by atoms with van der Waals surface area (Å²) < 4.78 is 3.50. The largest absolute Gasteiger partial charge is 0.343 e. The quantitative estimate of drug-likeness (QED) is 0.855. The maximum absolute atomic E-state index is 12.2. The molecule has 3 rings (SSSR count). The molecule has 2 aromatic rings. The molecule has 0 bridgehead atoms. The average molecular weight is 303 g/mol. The molecule has 0 saturated carbocycles. The van der Waals surface area contributed by atoms with E-state index in [1.54, 1.807) is 21.9 Å². The number of aryl methyl sites for hydroxylation is 1. The van der Waals surface area contributed by atoms with E-state index in [4.69, 9.17) is 0 Å². The van der Waals surface area contributed by atoms with E-state index in [1.807, 2.05) is 20.2 Å². The van der Waals surface area contributed by atoms with E-state index >= 15 is 0 Å². The summed E-state index contributed by atoms with van der Waals surface area (Å²) in [6, 6.07) is 0.142. The van der Waals surface area contributed by atoms with Crippen LogP contribution in [-0.4, -0.2) is 43.5 Å². The Labute approximate surface area is 128 Å². The molecule has 3 heterocycles. The Balaban J connectivity index is 1.63. The molecule has 1 fully saturated rings. The lowest BCUT2D eigenvalue weighted by Crippen LogP contribution is -2.32. The number of carbonyl (C=O) groups excluding carboxylic acids is 1. The number of hydrogen-bond acceptors (Lipinski definition) is 5. The number of amides is 1. The van der Waals surface area contributed by atoms with Gasteiger partial charge in [0.2, 0.25) is 5.82 Å². The van der Waals surface area contributed by atoms with Crippen molar-refractivity contribution in [1.82, 2.24) is 35.2 Å². The topological polar surface area (TPSA) is 89.7 Å². The van der Waals surface area contributed by atoms with E-state index in [0.29, 0.717) is 0 Å². The Morgan fingerprint density at radius 2 is 2.41 bits per heavy atom. The molecule has 2 aromatic heterocycles. The van der Waals surface area contributed by atoms with E-state index in [0.717, 1.165) is 31.5 Å². The van der Waals surface area contributed by atoms with Crippen molar-refractivity contribution in [3.05, 3.63) is 30.1 Å². The second-order valence-electron chi connectivity index (χ2n) is 5.69. The van der Waals surface area contributed by atoms with Gasteiger partial charge in [-0.2, -0.15) is 5.10 Å². The van der Waals surface area contributed by atoms with Gasteiger partial charge in [0.05, 0.1) is 18.3 Å². The zero-order valence-corrected chi connectivity index (χ0v) is 12.9. The average Bonchev–Trinajstić information content (AvgIpc) is 3.17. The minimum absolute atomic E-state index is 0.135. The SMILES string of the molecule is C[C@@H](NC(=O)c1ncn([C@H]2CCCNC2)n1)c1cnn(C)c1. The fourth-order valence-corrected chi connectivity index (χ4v) is 2.62. The molecule has 118 valence electrons. The van der Waals surface area contributed by atoms with Gasteiger partial charge in [0.1, 0.15) is 6.33 Å². The summed E-state index contributed by atoms with van der Waals surface area (Å²) >= 11 is 0. The number of piperidine rings is 1. The first-order chi connectivity index (χ1) is 10.6. The monoisotopic (exact) mass is 303 g/mol. The smallest absolute Gasteiger partial charge is 0.291 e. The second kappa shape index (κ2) is 6.27. The maximum atomic E-state index is 12.2. The highest BCUT2D eigenvalue weighted by Gasteiger charge is 2.20. The van der Waals surface area contributed by atoms with Crippen molar-refractivity contribution in [2.75, 3.05) is 13.1 Å². The molecule has 1 aliphatic heterocycles. The van der Waals surface area contributed by atoms with Gasteiger partial charge >= 0.3 is 0 Å². The summed E-state index contributed by atoms with van der Waals surface area (Å²) in [7, 11) is 1.85. The van der Waals surface area contributed by atoms with Gasteiger partial charge in [0.15, 0.2) is 0 Å². The van der Waals surface area contributed by atoms with E-state index in [9.17, 15) is 4.79 Å². The molecular weight excluding hydrogens is 282 g/mol. The van der Waals surface area contributed by atoms with Crippen LogP contribution in [0.4, 0.5) is 0 Å². The summed E-state index contributed by atoms with van der Waals surface area (Å²) in [5.74, 6) is -0.0554. The molecule has 0 unspecified atom stereocenters. The lowest BCUT2D eigenvalue weighted by atomic mass is 10.1. The number of carbonyl (C=O) groups is 1. The van der Waals surface area contributed by atoms with Gasteiger partial charge in [-0.3, -0.25) is 9.48 Å². The molecular formula is C14H21N7O. The molecule has 1 saturated heterocycles. The van der Waals surface area contributed by atoms with Crippen LogP contribution < -0.4 is 10.6 Å². The van der Waals surface area contributed by atoms with Crippen LogP contribution in [0, 0.1) is 0 Å². The van der Waals surface area contributed by atoms with Gasteiger partial charge < -0.3 is 10.6 Å². The normalized spacial score (nSPS) is 19.8. The van der Waals surface area contributed by atoms with Crippen LogP contribution in [0.3, 0.4) is 0 Å². The molecule has 0 aliphatic carbocycles. The molecule has 8 heteroatoms. The summed E-state index contributed by atoms with van der Waals surface area (Å²) in [5.41, 5.74) is 0.951. The van der Waals surface area contributed by atoms with Crippen molar-refractivity contribution in [2.45, 2.75) is 31.8 Å². The minimum atomic E-state index is -0.265. The number of nitrogens with zero attached hydrogens (tertiary/aromatic N) is 5. The van der Waals surface area contributed by atoms with E-state index in [-0.39, 0.29) is 23.8 Å². The molecule has 2 N–H and O–H groups in total. The van der Waals surface area contributed by atoms with Crippen LogP contribution in [-0.2, 0) is 7.05 Å². The van der Waals surface area contributed by atoms with Gasteiger partial charge in [-0.1, -0.05) is 0 Å². The Bertz CT molecular complexity index is 641. The minimum Gasteiger partial charge on any atom is -0.343 e. The van der Waals surface area contributed by atoms with Crippen molar-refractivity contribution in [1.29, 1.82) is 0 Å².